The summed E-state index contributed by atoms with van der Waals surface area (Å²) in [5.74, 6) is 1.89. The molecular formula is C20H26N2O4. The van der Waals surface area contributed by atoms with Gasteiger partial charge in [0.05, 0.1) is 33.1 Å². The molecule has 2 aromatic carbocycles. The van der Waals surface area contributed by atoms with Crippen molar-refractivity contribution in [2.45, 2.75) is 19.5 Å². The van der Waals surface area contributed by atoms with Crippen LogP contribution in [0, 0.1) is 0 Å². The SMILES string of the molecule is COc1ccccc1NC(=O)[C@H](C)N(C)Cc1ccc(OC)c(OC)c1. The number of ether oxygens (including phenoxy) is 3. The zero-order valence-corrected chi connectivity index (χ0v) is 15.9. The quantitative estimate of drug-likeness (QED) is 0.785. The number of anilines is 1. The fraction of sp³-hybridized carbons (Fsp3) is 0.350. The van der Waals surface area contributed by atoms with E-state index >= 15 is 0 Å². The highest BCUT2D eigenvalue weighted by molar-refractivity contribution is 5.95. The summed E-state index contributed by atoms with van der Waals surface area (Å²) in [6.07, 6.45) is 0. The van der Waals surface area contributed by atoms with Crippen LogP contribution in [-0.2, 0) is 11.3 Å². The van der Waals surface area contributed by atoms with Gasteiger partial charge in [0.15, 0.2) is 11.5 Å². The number of benzene rings is 2. The molecule has 1 amide bonds. The van der Waals surface area contributed by atoms with E-state index in [0.29, 0.717) is 29.5 Å². The predicted octanol–water partition coefficient (Wildman–Crippen LogP) is 3.17. The molecule has 6 heteroatoms. The summed E-state index contributed by atoms with van der Waals surface area (Å²) in [7, 11) is 6.70. The van der Waals surface area contributed by atoms with Gasteiger partial charge in [0.1, 0.15) is 5.75 Å². The molecule has 0 heterocycles. The summed E-state index contributed by atoms with van der Waals surface area (Å²) < 4.78 is 15.9. The van der Waals surface area contributed by atoms with Crippen LogP contribution in [0.25, 0.3) is 0 Å². The summed E-state index contributed by atoms with van der Waals surface area (Å²) in [6.45, 7) is 2.46. The standard InChI is InChI=1S/C20H26N2O4/c1-14(20(23)21-16-8-6-7-9-17(16)24-3)22(2)13-15-10-11-18(25-4)19(12-15)26-5/h6-12,14H,13H2,1-5H3,(H,21,23)/t14-/m0/s1. The van der Waals surface area contributed by atoms with Crippen LogP contribution in [0.2, 0.25) is 0 Å². The molecule has 6 nitrogen and oxygen atoms in total. The number of rotatable bonds is 8. The zero-order valence-electron chi connectivity index (χ0n) is 15.9. The second kappa shape index (κ2) is 9.10. The van der Waals surface area contributed by atoms with Gasteiger partial charge in [0.2, 0.25) is 5.91 Å². The van der Waals surface area contributed by atoms with Gasteiger partial charge < -0.3 is 19.5 Å². The van der Waals surface area contributed by atoms with E-state index in [1.165, 1.54) is 0 Å². The minimum Gasteiger partial charge on any atom is -0.495 e. The molecular weight excluding hydrogens is 332 g/mol. The van der Waals surface area contributed by atoms with E-state index in [1.54, 1.807) is 21.3 Å². The van der Waals surface area contributed by atoms with Crippen molar-refractivity contribution in [1.29, 1.82) is 0 Å². The Morgan fingerprint density at radius 3 is 2.31 bits per heavy atom. The Balaban J connectivity index is 2.04. The van der Waals surface area contributed by atoms with Crippen LogP contribution in [0.3, 0.4) is 0 Å². The number of carbonyl (C=O) groups is 1. The molecule has 0 saturated carbocycles. The first-order valence-corrected chi connectivity index (χ1v) is 8.35. The van der Waals surface area contributed by atoms with Crippen molar-refractivity contribution in [1.82, 2.24) is 4.90 Å². The number of hydrogen-bond donors (Lipinski definition) is 1. The average molecular weight is 358 g/mol. The summed E-state index contributed by atoms with van der Waals surface area (Å²) >= 11 is 0. The summed E-state index contributed by atoms with van der Waals surface area (Å²) in [4.78, 5) is 14.5. The van der Waals surface area contributed by atoms with E-state index in [0.717, 1.165) is 5.56 Å². The monoisotopic (exact) mass is 358 g/mol. The van der Waals surface area contributed by atoms with Crippen molar-refractivity contribution < 1.29 is 19.0 Å². The van der Waals surface area contributed by atoms with Crippen LogP contribution in [0.4, 0.5) is 5.69 Å². The number of likely N-dealkylation sites (N-methyl/N-ethyl adjacent to an activating group) is 1. The second-order valence-corrected chi connectivity index (χ2v) is 5.97. The average Bonchev–Trinajstić information content (AvgIpc) is 2.67. The molecule has 0 radical (unpaired) electrons. The van der Waals surface area contributed by atoms with E-state index < -0.39 is 0 Å². The summed E-state index contributed by atoms with van der Waals surface area (Å²) in [6, 6.07) is 12.8. The van der Waals surface area contributed by atoms with E-state index in [4.69, 9.17) is 14.2 Å². The third kappa shape index (κ3) is 4.67. The number of amides is 1. The van der Waals surface area contributed by atoms with Crippen molar-refractivity contribution in [3.05, 3.63) is 48.0 Å². The van der Waals surface area contributed by atoms with Crippen LogP contribution in [0.15, 0.2) is 42.5 Å². The highest BCUT2D eigenvalue weighted by atomic mass is 16.5. The van der Waals surface area contributed by atoms with Crippen molar-refractivity contribution in [3.8, 4) is 17.2 Å². The molecule has 0 bridgehead atoms. The third-order valence-electron chi connectivity index (χ3n) is 4.29. The van der Waals surface area contributed by atoms with Crippen molar-refractivity contribution in [2.75, 3.05) is 33.7 Å². The maximum atomic E-state index is 12.6. The van der Waals surface area contributed by atoms with E-state index in [1.807, 2.05) is 61.3 Å². The minimum absolute atomic E-state index is 0.0996. The van der Waals surface area contributed by atoms with Gasteiger partial charge in [-0.2, -0.15) is 0 Å². The lowest BCUT2D eigenvalue weighted by atomic mass is 10.1. The molecule has 1 atom stereocenters. The highest BCUT2D eigenvalue weighted by Gasteiger charge is 2.20. The second-order valence-electron chi connectivity index (χ2n) is 5.97. The van der Waals surface area contributed by atoms with E-state index in [2.05, 4.69) is 5.32 Å². The van der Waals surface area contributed by atoms with Crippen molar-refractivity contribution in [2.24, 2.45) is 0 Å². The fourth-order valence-corrected chi connectivity index (χ4v) is 2.59. The molecule has 0 saturated heterocycles. The number of hydrogen-bond acceptors (Lipinski definition) is 5. The van der Waals surface area contributed by atoms with Crippen molar-refractivity contribution in [3.63, 3.8) is 0 Å². The molecule has 1 N–H and O–H groups in total. The molecule has 0 fully saturated rings. The molecule has 0 spiro atoms. The van der Waals surface area contributed by atoms with Crippen LogP contribution in [0.1, 0.15) is 12.5 Å². The first-order chi connectivity index (χ1) is 12.5. The van der Waals surface area contributed by atoms with E-state index in [9.17, 15) is 4.79 Å². The van der Waals surface area contributed by atoms with E-state index in [-0.39, 0.29) is 11.9 Å². The summed E-state index contributed by atoms with van der Waals surface area (Å²) in [5.41, 5.74) is 1.69. The van der Waals surface area contributed by atoms with Gasteiger partial charge in [0, 0.05) is 6.54 Å². The lowest BCUT2D eigenvalue weighted by Gasteiger charge is -2.24. The molecule has 140 valence electrons. The minimum atomic E-state index is -0.326. The molecule has 2 rings (SSSR count). The first-order valence-electron chi connectivity index (χ1n) is 8.35. The van der Waals surface area contributed by atoms with Gasteiger partial charge in [0.25, 0.3) is 0 Å². The van der Waals surface area contributed by atoms with Gasteiger partial charge in [-0.05, 0) is 43.8 Å². The largest absolute Gasteiger partial charge is 0.495 e. The normalized spacial score (nSPS) is 11.8. The number of carbonyl (C=O) groups excluding carboxylic acids is 1. The maximum Gasteiger partial charge on any atom is 0.241 e. The third-order valence-corrected chi connectivity index (χ3v) is 4.29. The molecule has 0 aliphatic rings. The Bertz CT molecular complexity index is 748. The number of methoxy groups -OCH3 is 3. The van der Waals surface area contributed by atoms with Gasteiger partial charge in [-0.25, -0.2) is 0 Å². The summed E-state index contributed by atoms with van der Waals surface area (Å²) in [5, 5.41) is 2.92. The zero-order chi connectivity index (χ0) is 19.1. The van der Waals surface area contributed by atoms with Gasteiger partial charge in [-0.1, -0.05) is 18.2 Å². The Labute approximate surface area is 154 Å². The molecule has 2 aromatic rings. The molecule has 26 heavy (non-hydrogen) atoms. The Hall–Kier alpha value is -2.73. The highest BCUT2D eigenvalue weighted by Crippen LogP contribution is 2.28. The van der Waals surface area contributed by atoms with Gasteiger partial charge in [-0.15, -0.1) is 0 Å². The number of nitrogens with one attached hydrogen (secondary N) is 1. The maximum absolute atomic E-state index is 12.6. The Morgan fingerprint density at radius 2 is 1.65 bits per heavy atom. The Kier molecular flexibility index (Phi) is 6.86. The molecule has 0 aromatic heterocycles. The predicted molar refractivity (Wildman–Crippen MR) is 102 cm³/mol. The number of para-hydroxylation sites is 2. The van der Waals surface area contributed by atoms with Crippen LogP contribution in [0.5, 0.6) is 17.2 Å². The molecule has 0 unspecified atom stereocenters. The smallest absolute Gasteiger partial charge is 0.241 e. The molecule has 0 aliphatic heterocycles. The molecule has 0 aliphatic carbocycles. The Morgan fingerprint density at radius 1 is 1.00 bits per heavy atom. The van der Waals surface area contributed by atoms with Gasteiger partial charge >= 0.3 is 0 Å². The van der Waals surface area contributed by atoms with Crippen LogP contribution < -0.4 is 19.5 Å². The number of nitrogens with zero attached hydrogens (tertiary/aromatic N) is 1. The first kappa shape index (κ1) is 19.6. The topological polar surface area (TPSA) is 60.0 Å². The van der Waals surface area contributed by atoms with Crippen LogP contribution in [-0.4, -0.2) is 45.2 Å². The lowest BCUT2D eigenvalue weighted by molar-refractivity contribution is -0.120. The van der Waals surface area contributed by atoms with Crippen LogP contribution >= 0.6 is 0 Å². The van der Waals surface area contributed by atoms with Crippen molar-refractivity contribution >= 4 is 11.6 Å². The van der Waals surface area contributed by atoms with Gasteiger partial charge in [-0.3, -0.25) is 9.69 Å². The lowest BCUT2D eigenvalue weighted by Crippen LogP contribution is -2.39. The fourth-order valence-electron chi connectivity index (χ4n) is 2.59.